The molecule has 0 aliphatic carbocycles. The van der Waals surface area contributed by atoms with E-state index in [1.165, 1.54) is 128 Å². The van der Waals surface area contributed by atoms with Crippen molar-refractivity contribution in [1.82, 2.24) is 0 Å². The lowest BCUT2D eigenvalue weighted by Gasteiger charge is -2.21. The van der Waals surface area contributed by atoms with Gasteiger partial charge in [-0.15, -0.1) is 0 Å². The van der Waals surface area contributed by atoms with Crippen LogP contribution in [0, 0.1) is 0 Å². The lowest BCUT2D eigenvalue weighted by atomic mass is 10.0. The van der Waals surface area contributed by atoms with E-state index in [9.17, 15) is 14.7 Å². The van der Waals surface area contributed by atoms with E-state index in [-0.39, 0.29) is 11.5 Å². The standard InChI is InChI=1S/C37H65NO4/c1-3-5-7-9-11-13-14-15-16-17-18-20-22-24-26-32-36(39)42-35(31-25-23-21-19-12-10-8-6-4-2)38-34-30-28-27-29-33(34)37(40)41/h27-30,35,38H,3-26,31-32H2,1-2H3,(H,40,41). The summed E-state index contributed by atoms with van der Waals surface area (Å²) in [7, 11) is 0. The second-order valence-corrected chi connectivity index (χ2v) is 12.3. The zero-order chi connectivity index (χ0) is 30.5. The number of hydrogen-bond acceptors (Lipinski definition) is 4. The molecular weight excluding hydrogens is 522 g/mol. The van der Waals surface area contributed by atoms with Crippen LogP contribution in [-0.4, -0.2) is 23.3 Å². The summed E-state index contributed by atoms with van der Waals surface area (Å²) in [6, 6.07) is 6.85. The number of nitrogens with one attached hydrogen (secondary N) is 1. The number of carboxylic acid groups (broad SMARTS) is 1. The molecule has 0 saturated heterocycles. The maximum absolute atomic E-state index is 12.7. The van der Waals surface area contributed by atoms with E-state index in [0.717, 1.165) is 25.7 Å². The van der Waals surface area contributed by atoms with E-state index in [4.69, 9.17) is 4.74 Å². The molecule has 5 heteroatoms. The van der Waals surface area contributed by atoms with Crippen molar-refractivity contribution in [2.75, 3.05) is 5.32 Å². The molecule has 0 radical (unpaired) electrons. The Kier molecular flexibility index (Phi) is 25.1. The topological polar surface area (TPSA) is 75.6 Å². The van der Waals surface area contributed by atoms with Gasteiger partial charge in [0.05, 0.1) is 11.3 Å². The number of esters is 1. The number of benzene rings is 1. The zero-order valence-electron chi connectivity index (χ0n) is 27.4. The van der Waals surface area contributed by atoms with Crippen molar-refractivity contribution in [3.8, 4) is 0 Å². The predicted octanol–water partition coefficient (Wildman–Crippen LogP) is 11.8. The monoisotopic (exact) mass is 587 g/mol. The Balaban J connectivity index is 2.25. The molecule has 0 spiro atoms. The number of para-hydroxylation sites is 1. The van der Waals surface area contributed by atoms with Crippen LogP contribution >= 0.6 is 0 Å². The van der Waals surface area contributed by atoms with Gasteiger partial charge in [-0.05, 0) is 25.0 Å². The van der Waals surface area contributed by atoms with Crippen molar-refractivity contribution in [3.05, 3.63) is 29.8 Å². The van der Waals surface area contributed by atoms with E-state index in [2.05, 4.69) is 19.2 Å². The first-order valence-electron chi connectivity index (χ1n) is 17.9. The van der Waals surface area contributed by atoms with Crippen molar-refractivity contribution >= 4 is 17.6 Å². The van der Waals surface area contributed by atoms with Gasteiger partial charge in [0.25, 0.3) is 0 Å². The van der Waals surface area contributed by atoms with Crippen molar-refractivity contribution in [1.29, 1.82) is 0 Å². The van der Waals surface area contributed by atoms with E-state index >= 15 is 0 Å². The quantitative estimate of drug-likeness (QED) is 0.0532. The highest BCUT2D eigenvalue weighted by atomic mass is 16.6. The van der Waals surface area contributed by atoms with Crippen LogP contribution in [0.1, 0.15) is 191 Å². The fraction of sp³-hybridized carbons (Fsp3) is 0.784. The summed E-state index contributed by atoms with van der Waals surface area (Å²) < 4.78 is 5.84. The highest BCUT2D eigenvalue weighted by molar-refractivity contribution is 5.94. The SMILES string of the molecule is CCCCCCCCCCCCCCCCCC(=O)OC(CCCCCCCCCCC)Nc1ccccc1C(=O)O. The third-order valence-corrected chi connectivity index (χ3v) is 8.30. The van der Waals surface area contributed by atoms with Crippen LogP contribution in [-0.2, 0) is 9.53 Å². The lowest BCUT2D eigenvalue weighted by molar-refractivity contribution is -0.148. The Labute approximate surface area is 259 Å². The molecule has 1 aromatic carbocycles. The number of rotatable bonds is 30. The van der Waals surface area contributed by atoms with Gasteiger partial charge < -0.3 is 15.2 Å². The zero-order valence-corrected chi connectivity index (χ0v) is 27.4. The molecule has 1 aromatic rings. The third kappa shape index (κ3) is 21.6. The summed E-state index contributed by atoms with van der Waals surface area (Å²) in [6.45, 7) is 4.52. The first-order valence-corrected chi connectivity index (χ1v) is 17.9. The molecule has 0 heterocycles. The van der Waals surface area contributed by atoms with E-state index in [0.29, 0.717) is 18.5 Å². The number of ether oxygens (including phenoxy) is 1. The fourth-order valence-corrected chi connectivity index (χ4v) is 5.63. The molecule has 2 N–H and O–H groups in total. The molecule has 42 heavy (non-hydrogen) atoms. The van der Waals surface area contributed by atoms with Crippen molar-refractivity contribution in [3.63, 3.8) is 0 Å². The van der Waals surface area contributed by atoms with Crippen molar-refractivity contribution in [2.45, 2.75) is 187 Å². The average Bonchev–Trinajstić information content (AvgIpc) is 2.98. The molecule has 0 aliphatic rings. The first-order chi connectivity index (χ1) is 20.6. The molecule has 242 valence electrons. The van der Waals surface area contributed by atoms with E-state index in [1.54, 1.807) is 18.2 Å². The summed E-state index contributed by atoms with van der Waals surface area (Å²) in [5.41, 5.74) is 0.707. The third-order valence-electron chi connectivity index (χ3n) is 8.30. The van der Waals surface area contributed by atoms with Crippen LogP contribution in [0.3, 0.4) is 0 Å². The van der Waals surface area contributed by atoms with Gasteiger partial charge in [0.1, 0.15) is 0 Å². The highest BCUT2D eigenvalue weighted by Crippen LogP contribution is 2.20. The van der Waals surface area contributed by atoms with Gasteiger partial charge in [-0.3, -0.25) is 4.79 Å². The second-order valence-electron chi connectivity index (χ2n) is 12.3. The number of anilines is 1. The van der Waals surface area contributed by atoms with Gasteiger partial charge in [0, 0.05) is 12.8 Å². The van der Waals surface area contributed by atoms with Crippen LogP contribution in [0.4, 0.5) is 5.69 Å². The van der Waals surface area contributed by atoms with Gasteiger partial charge in [0.15, 0.2) is 6.23 Å². The maximum Gasteiger partial charge on any atom is 0.337 e. The molecule has 0 aliphatic heterocycles. The Morgan fingerprint density at radius 3 is 1.48 bits per heavy atom. The van der Waals surface area contributed by atoms with Crippen LogP contribution < -0.4 is 5.32 Å². The maximum atomic E-state index is 12.7. The van der Waals surface area contributed by atoms with Gasteiger partial charge >= 0.3 is 11.9 Å². The molecule has 0 aromatic heterocycles. The number of unbranched alkanes of at least 4 members (excludes halogenated alkanes) is 22. The van der Waals surface area contributed by atoms with Crippen molar-refractivity contribution in [2.24, 2.45) is 0 Å². The molecule has 0 bridgehead atoms. The Morgan fingerprint density at radius 2 is 1.02 bits per heavy atom. The molecule has 1 atom stereocenters. The smallest absolute Gasteiger partial charge is 0.337 e. The molecule has 1 unspecified atom stereocenters. The minimum absolute atomic E-state index is 0.189. The number of carboxylic acids is 1. The number of carbonyl (C=O) groups excluding carboxylic acids is 1. The summed E-state index contributed by atoms with van der Waals surface area (Å²) in [5, 5.41) is 12.8. The Bertz CT molecular complexity index is 781. The first kappa shape index (κ1) is 38.0. The fourth-order valence-electron chi connectivity index (χ4n) is 5.63. The van der Waals surface area contributed by atoms with Crippen LogP contribution in [0.25, 0.3) is 0 Å². The summed E-state index contributed by atoms with van der Waals surface area (Å²) in [4.78, 5) is 24.4. The largest absolute Gasteiger partial charge is 0.478 e. The summed E-state index contributed by atoms with van der Waals surface area (Å²) in [5.74, 6) is -1.17. The lowest BCUT2D eigenvalue weighted by Crippen LogP contribution is -2.27. The van der Waals surface area contributed by atoms with E-state index < -0.39 is 12.2 Å². The molecule has 0 fully saturated rings. The molecule has 1 rings (SSSR count). The highest BCUT2D eigenvalue weighted by Gasteiger charge is 2.17. The molecule has 0 saturated carbocycles. The van der Waals surface area contributed by atoms with Gasteiger partial charge in [-0.1, -0.05) is 167 Å². The average molecular weight is 588 g/mol. The van der Waals surface area contributed by atoms with Crippen molar-refractivity contribution < 1.29 is 19.4 Å². The number of carbonyl (C=O) groups is 2. The normalized spacial score (nSPS) is 11.9. The molecular formula is C37H65NO4. The van der Waals surface area contributed by atoms with Gasteiger partial charge in [-0.25, -0.2) is 4.79 Å². The van der Waals surface area contributed by atoms with Crippen LogP contribution in [0.5, 0.6) is 0 Å². The predicted molar refractivity (Wildman–Crippen MR) is 178 cm³/mol. The van der Waals surface area contributed by atoms with E-state index in [1.807, 2.05) is 6.07 Å². The Hall–Kier alpha value is -2.04. The molecule has 0 amide bonds. The van der Waals surface area contributed by atoms with Gasteiger partial charge in [0.2, 0.25) is 0 Å². The minimum Gasteiger partial charge on any atom is -0.478 e. The van der Waals surface area contributed by atoms with Crippen LogP contribution in [0.15, 0.2) is 24.3 Å². The summed E-state index contributed by atoms with van der Waals surface area (Å²) in [6.07, 6.45) is 31.1. The second kappa shape index (κ2) is 27.8. The summed E-state index contributed by atoms with van der Waals surface area (Å²) >= 11 is 0. The van der Waals surface area contributed by atoms with Crippen LogP contribution in [0.2, 0.25) is 0 Å². The number of aromatic carboxylic acids is 1. The Morgan fingerprint density at radius 1 is 0.619 bits per heavy atom. The van der Waals surface area contributed by atoms with Gasteiger partial charge in [-0.2, -0.15) is 0 Å². The molecule has 5 nitrogen and oxygen atoms in total. The minimum atomic E-state index is -0.982. The number of hydrogen-bond donors (Lipinski definition) is 2.